The number of carbonyl (C=O) groups excluding carboxylic acids is 1. The molecule has 0 atom stereocenters. The summed E-state index contributed by atoms with van der Waals surface area (Å²) >= 11 is 1.37. The van der Waals surface area contributed by atoms with E-state index in [-0.39, 0.29) is 6.04 Å². The highest BCUT2D eigenvalue weighted by molar-refractivity contribution is 8.15. The molecule has 0 aromatic rings. The zero-order chi connectivity index (χ0) is 8.43. The molecule has 0 aromatic heterocycles. The molecule has 0 aliphatic carbocycles. The number of rotatable bonds is 2. The fraction of sp³-hybridized carbons (Fsp3) is 0.714. The number of hydrogen-bond donors (Lipinski definition) is 0. The maximum Gasteiger partial charge on any atom is 0.258 e. The van der Waals surface area contributed by atoms with Gasteiger partial charge in [-0.05, 0) is 25.6 Å². The topological polar surface area (TPSA) is 43.1 Å². The summed E-state index contributed by atoms with van der Waals surface area (Å²) in [4.78, 5) is 10.5. The maximum atomic E-state index is 10.5. The predicted molar refractivity (Wildman–Crippen MR) is 42.7 cm³/mol. The van der Waals surface area contributed by atoms with Crippen molar-refractivity contribution in [2.75, 3.05) is 12.3 Å². The third kappa shape index (κ3) is 1.74. The van der Waals surface area contributed by atoms with Crippen LogP contribution >= 0.6 is 11.8 Å². The summed E-state index contributed by atoms with van der Waals surface area (Å²) < 4.78 is 1.86. The molecule has 0 radical (unpaired) electrons. The Hall–Kier alpha value is -0.510. The molecule has 0 N–H and O–H groups in total. The Kier molecular flexibility index (Phi) is 2.54. The van der Waals surface area contributed by atoms with Gasteiger partial charge in [-0.2, -0.15) is 0 Å². The number of carboxylic acids is 1. The van der Waals surface area contributed by atoms with E-state index in [2.05, 4.69) is 0 Å². The van der Waals surface area contributed by atoms with Crippen LogP contribution in [0.3, 0.4) is 0 Å². The predicted octanol–water partition coefficient (Wildman–Crippen LogP) is -0.698. The molecule has 1 aliphatic rings. The zero-order valence-electron chi connectivity index (χ0n) is 6.66. The Morgan fingerprint density at radius 3 is 2.73 bits per heavy atom. The van der Waals surface area contributed by atoms with Gasteiger partial charge in [-0.25, -0.2) is 4.58 Å². The summed E-state index contributed by atoms with van der Waals surface area (Å²) in [5.41, 5.74) is 0. The van der Waals surface area contributed by atoms with Crippen molar-refractivity contribution in [3.8, 4) is 0 Å². The molecule has 62 valence electrons. The van der Waals surface area contributed by atoms with Crippen LogP contribution in [-0.4, -0.2) is 33.9 Å². The Morgan fingerprint density at radius 2 is 2.36 bits per heavy atom. The summed E-state index contributed by atoms with van der Waals surface area (Å²) in [6, 6.07) is 0.262. The second-order valence-electron chi connectivity index (χ2n) is 2.73. The van der Waals surface area contributed by atoms with Crippen molar-refractivity contribution in [2.45, 2.75) is 19.9 Å². The molecular formula is C7H11NO2S. The highest BCUT2D eigenvalue weighted by Gasteiger charge is 2.25. The molecular weight excluding hydrogens is 162 g/mol. The van der Waals surface area contributed by atoms with E-state index < -0.39 is 5.97 Å². The number of aliphatic carboxylic acids is 1. The van der Waals surface area contributed by atoms with Gasteiger partial charge >= 0.3 is 0 Å². The maximum absolute atomic E-state index is 10.5. The average molecular weight is 173 g/mol. The van der Waals surface area contributed by atoms with Gasteiger partial charge in [-0.15, -0.1) is 0 Å². The molecule has 0 amide bonds. The molecule has 0 spiro atoms. The smallest absolute Gasteiger partial charge is 0.258 e. The Labute approximate surface area is 70.1 Å². The molecule has 0 saturated heterocycles. The summed E-state index contributed by atoms with van der Waals surface area (Å²) in [5, 5.41) is 10.9. The molecule has 1 aliphatic heterocycles. The van der Waals surface area contributed by atoms with Gasteiger partial charge in [0.15, 0.2) is 6.54 Å². The van der Waals surface area contributed by atoms with Crippen LogP contribution in [-0.2, 0) is 4.79 Å². The Morgan fingerprint density at radius 1 is 1.73 bits per heavy atom. The largest absolute Gasteiger partial charge is 0.539 e. The van der Waals surface area contributed by atoms with Crippen LogP contribution < -0.4 is 5.11 Å². The molecule has 0 aromatic carbocycles. The number of carbonyl (C=O) groups is 1. The van der Waals surface area contributed by atoms with Crippen LogP contribution in [0, 0.1) is 0 Å². The van der Waals surface area contributed by atoms with Crippen LogP contribution in [0.15, 0.2) is 0 Å². The summed E-state index contributed by atoms with van der Waals surface area (Å²) in [5.74, 6) is -0.178. The highest BCUT2D eigenvalue weighted by atomic mass is 32.2. The molecule has 0 unspecified atom stereocenters. The van der Waals surface area contributed by atoms with Gasteiger partial charge in [-0.3, -0.25) is 0 Å². The first-order valence-corrected chi connectivity index (χ1v) is 4.59. The lowest BCUT2D eigenvalue weighted by molar-refractivity contribution is -0.549. The first-order valence-electron chi connectivity index (χ1n) is 3.60. The minimum atomic E-state index is -1.04. The summed E-state index contributed by atoms with van der Waals surface area (Å²) in [7, 11) is 0. The van der Waals surface area contributed by atoms with Crippen LogP contribution in [0.1, 0.15) is 13.8 Å². The molecule has 11 heavy (non-hydrogen) atoms. The van der Waals surface area contributed by atoms with Gasteiger partial charge in [-0.1, -0.05) is 0 Å². The number of thioether (sulfide) groups is 1. The SMILES string of the molecule is CC(C)[N+]1=C(C(=O)[O-])SCC1. The molecule has 3 nitrogen and oxygen atoms in total. The standard InChI is InChI=1S/C7H11NO2S/c1-5(2)8-3-4-11-6(8)7(9)10/h5H,3-4H2,1-2H3. The summed E-state index contributed by atoms with van der Waals surface area (Å²) in [6.45, 7) is 4.79. The molecule has 0 fully saturated rings. The first kappa shape index (κ1) is 8.59. The van der Waals surface area contributed by atoms with Gasteiger partial charge < -0.3 is 9.90 Å². The third-order valence-corrected chi connectivity index (χ3v) is 2.69. The average Bonchev–Trinajstić information content (AvgIpc) is 2.32. The van der Waals surface area contributed by atoms with E-state index in [1.54, 1.807) is 0 Å². The fourth-order valence-electron chi connectivity index (χ4n) is 1.09. The number of carboxylic acid groups (broad SMARTS) is 1. The van der Waals surface area contributed by atoms with E-state index in [4.69, 9.17) is 0 Å². The molecule has 4 heteroatoms. The van der Waals surface area contributed by atoms with E-state index in [9.17, 15) is 9.90 Å². The summed E-state index contributed by atoms with van der Waals surface area (Å²) in [6.07, 6.45) is 0. The second kappa shape index (κ2) is 3.26. The molecule has 0 bridgehead atoms. The number of hydrogen-bond acceptors (Lipinski definition) is 3. The third-order valence-electron chi connectivity index (χ3n) is 1.63. The zero-order valence-corrected chi connectivity index (χ0v) is 7.48. The van der Waals surface area contributed by atoms with Crippen molar-refractivity contribution < 1.29 is 14.5 Å². The highest BCUT2D eigenvalue weighted by Crippen LogP contribution is 2.12. The molecule has 1 heterocycles. The van der Waals surface area contributed by atoms with Gasteiger partial charge in [0.25, 0.3) is 5.04 Å². The van der Waals surface area contributed by atoms with E-state index >= 15 is 0 Å². The van der Waals surface area contributed by atoms with Crippen molar-refractivity contribution in [3.63, 3.8) is 0 Å². The lowest BCUT2D eigenvalue weighted by Crippen LogP contribution is -2.36. The minimum absolute atomic E-state index is 0.262. The van der Waals surface area contributed by atoms with E-state index in [1.165, 1.54) is 11.8 Å². The van der Waals surface area contributed by atoms with Crippen molar-refractivity contribution in [2.24, 2.45) is 0 Å². The van der Waals surface area contributed by atoms with Crippen LogP contribution in [0.5, 0.6) is 0 Å². The van der Waals surface area contributed by atoms with E-state index in [0.29, 0.717) is 5.04 Å². The van der Waals surface area contributed by atoms with Crippen LogP contribution in [0.25, 0.3) is 0 Å². The van der Waals surface area contributed by atoms with Crippen molar-refractivity contribution >= 4 is 22.8 Å². The fourth-order valence-corrected chi connectivity index (χ4v) is 2.16. The second-order valence-corrected chi connectivity index (χ2v) is 3.81. The van der Waals surface area contributed by atoms with Gasteiger partial charge in [0.1, 0.15) is 12.0 Å². The lowest BCUT2D eigenvalue weighted by Gasteiger charge is -2.04. The molecule has 1 rings (SSSR count). The minimum Gasteiger partial charge on any atom is -0.539 e. The van der Waals surface area contributed by atoms with E-state index in [1.807, 2.05) is 18.4 Å². The van der Waals surface area contributed by atoms with Crippen LogP contribution in [0.4, 0.5) is 0 Å². The lowest BCUT2D eigenvalue weighted by atomic mass is 10.4. The van der Waals surface area contributed by atoms with Crippen LogP contribution in [0.2, 0.25) is 0 Å². The van der Waals surface area contributed by atoms with Gasteiger partial charge in [0, 0.05) is 0 Å². The van der Waals surface area contributed by atoms with Gasteiger partial charge in [0.2, 0.25) is 0 Å². The first-order chi connectivity index (χ1) is 5.13. The normalized spacial score (nSPS) is 18.1. The Balaban J connectivity index is 2.86. The van der Waals surface area contributed by atoms with Crippen molar-refractivity contribution in [3.05, 3.63) is 0 Å². The van der Waals surface area contributed by atoms with Crippen molar-refractivity contribution in [1.29, 1.82) is 0 Å². The van der Waals surface area contributed by atoms with Gasteiger partial charge in [0.05, 0.1) is 5.75 Å². The van der Waals surface area contributed by atoms with Crippen molar-refractivity contribution in [1.82, 2.24) is 0 Å². The quantitative estimate of drug-likeness (QED) is 0.519. The monoisotopic (exact) mass is 173 g/mol. The number of nitrogens with zero attached hydrogens (tertiary/aromatic N) is 1. The molecule has 0 saturated carbocycles. The Bertz CT molecular complexity index is 210. The van der Waals surface area contributed by atoms with E-state index in [0.717, 1.165) is 12.3 Å².